The molecule has 0 atom stereocenters. The predicted molar refractivity (Wildman–Crippen MR) is 82.6 cm³/mol. The summed E-state index contributed by atoms with van der Waals surface area (Å²) in [5.41, 5.74) is 2.54. The SMILES string of the molecule is CN1CCc2ncnc(N3CCC(n4cncn4)CC3)c2C1. The van der Waals surface area contributed by atoms with E-state index in [-0.39, 0.29) is 0 Å². The van der Waals surface area contributed by atoms with Gasteiger partial charge in [-0.3, -0.25) is 0 Å². The van der Waals surface area contributed by atoms with Crippen molar-refractivity contribution in [2.45, 2.75) is 31.8 Å². The molecule has 2 aliphatic rings. The van der Waals surface area contributed by atoms with Crippen LogP contribution >= 0.6 is 0 Å². The highest BCUT2D eigenvalue weighted by molar-refractivity contribution is 5.49. The number of fused-ring (bicyclic) bond motifs is 1. The Morgan fingerprint density at radius 1 is 1.09 bits per heavy atom. The first-order valence-corrected chi connectivity index (χ1v) is 7.91. The Hall–Kier alpha value is -2.02. The second-order valence-electron chi connectivity index (χ2n) is 6.20. The van der Waals surface area contributed by atoms with Crippen molar-refractivity contribution in [1.29, 1.82) is 0 Å². The summed E-state index contributed by atoms with van der Waals surface area (Å²) in [4.78, 5) is 17.9. The van der Waals surface area contributed by atoms with Crippen molar-refractivity contribution < 1.29 is 0 Å². The van der Waals surface area contributed by atoms with Crippen molar-refractivity contribution in [1.82, 2.24) is 29.6 Å². The smallest absolute Gasteiger partial charge is 0.137 e. The molecule has 0 aliphatic carbocycles. The van der Waals surface area contributed by atoms with Crippen LogP contribution in [-0.2, 0) is 13.0 Å². The van der Waals surface area contributed by atoms with Gasteiger partial charge in [-0.25, -0.2) is 19.6 Å². The predicted octanol–water partition coefficient (Wildman–Crippen LogP) is 0.897. The van der Waals surface area contributed by atoms with Crippen molar-refractivity contribution in [3.05, 3.63) is 30.2 Å². The number of nitrogens with zero attached hydrogens (tertiary/aromatic N) is 7. The molecule has 0 saturated carbocycles. The third-order valence-electron chi connectivity index (χ3n) is 4.74. The molecule has 1 fully saturated rings. The molecule has 0 N–H and O–H groups in total. The molecule has 22 heavy (non-hydrogen) atoms. The lowest BCUT2D eigenvalue weighted by atomic mass is 10.0. The van der Waals surface area contributed by atoms with Gasteiger partial charge in [0.15, 0.2) is 0 Å². The monoisotopic (exact) mass is 299 g/mol. The van der Waals surface area contributed by atoms with E-state index in [0.717, 1.165) is 51.3 Å². The highest BCUT2D eigenvalue weighted by atomic mass is 15.3. The molecular formula is C15H21N7. The number of aromatic nitrogens is 5. The molecule has 116 valence electrons. The Bertz CT molecular complexity index is 631. The molecule has 7 nitrogen and oxygen atoms in total. The van der Waals surface area contributed by atoms with Crippen molar-refractivity contribution in [2.75, 3.05) is 31.6 Å². The van der Waals surface area contributed by atoms with E-state index in [9.17, 15) is 0 Å². The van der Waals surface area contributed by atoms with Crippen molar-refractivity contribution in [3.8, 4) is 0 Å². The van der Waals surface area contributed by atoms with E-state index >= 15 is 0 Å². The van der Waals surface area contributed by atoms with E-state index in [1.165, 1.54) is 11.3 Å². The van der Waals surface area contributed by atoms with Crippen LogP contribution in [0.15, 0.2) is 19.0 Å². The molecule has 2 aromatic heterocycles. The van der Waals surface area contributed by atoms with Crippen LogP contribution in [0.3, 0.4) is 0 Å². The number of hydrogen-bond acceptors (Lipinski definition) is 6. The molecule has 1 saturated heterocycles. The van der Waals surface area contributed by atoms with Gasteiger partial charge in [0.2, 0.25) is 0 Å². The lowest BCUT2D eigenvalue weighted by Gasteiger charge is -2.35. The van der Waals surface area contributed by atoms with Crippen LogP contribution in [0.1, 0.15) is 30.1 Å². The molecule has 0 spiro atoms. The van der Waals surface area contributed by atoms with E-state index in [1.54, 1.807) is 12.7 Å². The van der Waals surface area contributed by atoms with Crippen molar-refractivity contribution >= 4 is 5.82 Å². The molecule has 2 aromatic rings. The van der Waals surface area contributed by atoms with Crippen LogP contribution in [0.25, 0.3) is 0 Å². The summed E-state index contributed by atoms with van der Waals surface area (Å²) >= 11 is 0. The van der Waals surface area contributed by atoms with Gasteiger partial charge in [-0.2, -0.15) is 5.10 Å². The van der Waals surface area contributed by atoms with Gasteiger partial charge in [-0.1, -0.05) is 0 Å². The largest absolute Gasteiger partial charge is 0.356 e. The van der Waals surface area contributed by atoms with Gasteiger partial charge in [0, 0.05) is 38.2 Å². The van der Waals surface area contributed by atoms with Crippen molar-refractivity contribution in [2.24, 2.45) is 0 Å². The van der Waals surface area contributed by atoms with E-state index in [2.05, 4.69) is 36.9 Å². The van der Waals surface area contributed by atoms with Crippen LogP contribution in [0.4, 0.5) is 5.82 Å². The molecule has 0 bridgehead atoms. The molecular weight excluding hydrogens is 278 g/mol. The minimum atomic E-state index is 0.457. The second kappa shape index (κ2) is 5.64. The maximum absolute atomic E-state index is 4.59. The number of anilines is 1. The number of rotatable bonds is 2. The van der Waals surface area contributed by atoms with Gasteiger partial charge in [0.05, 0.1) is 11.7 Å². The molecule has 0 unspecified atom stereocenters. The first-order valence-electron chi connectivity index (χ1n) is 7.91. The molecule has 0 amide bonds. The summed E-state index contributed by atoms with van der Waals surface area (Å²) in [6.45, 7) is 4.06. The molecule has 4 rings (SSSR count). The fourth-order valence-electron chi connectivity index (χ4n) is 3.48. The fourth-order valence-corrected chi connectivity index (χ4v) is 3.48. The number of piperidine rings is 1. The molecule has 4 heterocycles. The third kappa shape index (κ3) is 2.45. The first kappa shape index (κ1) is 13.6. The summed E-state index contributed by atoms with van der Waals surface area (Å²) in [5.74, 6) is 1.13. The Kier molecular flexibility index (Phi) is 3.49. The highest BCUT2D eigenvalue weighted by Crippen LogP contribution is 2.29. The zero-order valence-electron chi connectivity index (χ0n) is 12.9. The molecule has 2 aliphatic heterocycles. The Balaban J connectivity index is 1.52. The first-order chi connectivity index (χ1) is 10.8. The maximum Gasteiger partial charge on any atom is 0.137 e. The Morgan fingerprint density at radius 3 is 2.73 bits per heavy atom. The summed E-state index contributed by atoms with van der Waals surface area (Å²) in [5, 5.41) is 4.27. The van der Waals surface area contributed by atoms with Crippen LogP contribution in [0.2, 0.25) is 0 Å². The van der Waals surface area contributed by atoms with E-state index in [1.807, 2.05) is 11.0 Å². The van der Waals surface area contributed by atoms with Gasteiger partial charge in [-0.15, -0.1) is 0 Å². The average molecular weight is 299 g/mol. The van der Waals surface area contributed by atoms with Gasteiger partial charge in [0.1, 0.15) is 24.8 Å². The standard InChI is InChI=1S/C15H21N7/c1-20-5-4-14-13(8-20)15(18-10-17-14)21-6-2-12(3-7-21)22-11-16-9-19-22/h9-12H,2-8H2,1H3. The van der Waals surface area contributed by atoms with Crippen LogP contribution in [0, 0.1) is 0 Å². The minimum absolute atomic E-state index is 0.457. The highest BCUT2D eigenvalue weighted by Gasteiger charge is 2.26. The van der Waals surface area contributed by atoms with Gasteiger partial charge in [0.25, 0.3) is 0 Å². The third-order valence-corrected chi connectivity index (χ3v) is 4.74. The van der Waals surface area contributed by atoms with Gasteiger partial charge < -0.3 is 9.80 Å². The average Bonchev–Trinajstić information content (AvgIpc) is 3.09. The summed E-state index contributed by atoms with van der Waals surface area (Å²) < 4.78 is 1.99. The molecule has 0 aromatic carbocycles. The zero-order valence-corrected chi connectivity index (χ0v) is 12.9. The summed E-state index contributed by atoms with van der Waals surface area (Å²) in [6, 6.07) is 0.457. The van der Waals surface area contributed by atoms with Crippen LogP contribution in [0.5, 0.6) is 0 Å². The lowest BCUT2D eigenvalue weighted by Crippen LogP contribution is -2.37. The topological polar surface area (TPSA) is 63.0 Å². The summed E-state index contributed by atoms with van der Waals surface area (Å²) in [7, 11) is 2.16. The number of likely N-dealkylation sites (N-methyl/N-ethyl adjacent to an activating group) is 1. The second-order valence-corrected chi connectivity index (χ2v) is 6.20. The Labute approximate surface area is 130 Å². The fraction of sp³-hybridized carbons (Fsp3) is 0.600. The lowest BCUT2D eigenvalue weighted by molar-refractivity contribution is 0.308. The van der Waals surface area contributed by atoms with E-state index in [0.29, 0.717) is 6.04 Å². The maximum atomic E-state index is 4.59. The van der Waals surface area contributed by atoms with Gasteiger partial charge >= 0.3 is 0 Å². The minimum Gasteiger partial charge on any atom is -0.356 e. The quantitative estimate of drug-likeness (QED) is 0.821. The molecule has 7 heteroatoms. The number of hydrogen-bond donors (Lipinski definition) is 0. The van der Waals surface area contributed by atoms with Crippen molar-refractivity contribution in [3.63, 3.8) is 0 Å². The normalized spacial score (nSPS) is 20.1. The molecule has 0 radical (unpaired) electrons. The van der Waals surface area contributed by atoms with E-state index in [4.69, 9.17) is 0 Å². The Morgan fingerprint density at radius 2 is 1.95 bits per heavy atom. The summed E-state index contributed by atoms with van der Waals surface area (Å²) in [6.07, 6.45) is 8.35. The zero-order chi connectivity index (χ0) is 14.9. The van der Waals surface area contributed by atoms with E-state index < -0.39 is 0 Å². The van der Waals surface area contributed by atoms with Crippen LogP contribution in [-0.4, -0.2) is 56.3 Å². The van der Waals surface area contributed by atoms with Crippen LogP contribution < -0.4 is 4.90 Å². The van der Waals surface area contributed by atoms with Gasteiger partial charge in [-0.05, 0) is 19.9 Å².